The van der Waals surface area contributed by atoms with Crippen LogP contribution < -0.4 is 0 Å². The van der Waals surface area contributed by atoms with E-state index in [0.29, 0.717) is 6.54 Å². The van der Waals surface area contributed by atoms with Gasteiger partial charge in [-0.15, -0.1) is 0 Å². The third kappa shape index (κ3) is 4.51. The van der Waals surface area contributed by atoms with E-state index in [1.54, 1.807) is 11.0 Å². The van der Waals surface area contributed by atoms with E-state index >= 15 is 0 Å². The number of hydrogen-bond donors (Lipinski definition) is 1. The summed E-state index contributed by atoms with van der Waals surface area (Å²) in [7, 11) is -1.22. The second-order valence-corrected chi connectivity index (χ2v) is 12.7. The molecule has 0 saturated carbocycles. The van der Waals surface area contributed by atoms with Gasteiger partial charge >= 0.3 is 0 Å². The Kier molecular flexibility index (Phi) is 4.63. The first-order chi connectivity index (χ1) is 9.78. The normalized spacial score (nSPS) is 14.9. The molecule has 1 unspecified atom stereocenters. The third-order valence-corrected chi connectivity index (χ3v) is 5.52. The van der Waals surface area contributed by atoms with Crippen LogP contribution in [0.1, 0.15) is 17.5 Å². The number of benzene rings is 1. The predicted molar refractivity (Wildman–Crippen MR) is 87.9 cm³/mol. The molecule has 1 heterocycles. The van der Waals surface area contributed by atoms with Crippen molar-refractivity contribution in [2.24, 2.45) is 0 Å². The molecule has 2 aromatic rings. The van der Waals surface area contributed by atoms with Crippen molar-refractivity contribution in [3.05, 3.63) is 48.0 Å². The highest BCUT2D eigenvalue weighted by Crippen LogP contribution is 2.31. The maximum Gasteiger partial charge on any atom is 0.137 e. The monoisotopic (exact) mass is 303 g/mol. The van der Waals surface area contributed by atoms with Gasteiger partial charge in [0.05, 0.1) is 6.54 Å². The van der Waals surface area contributed by atoms with Gasteiger partial charge in [-0.3, -0.25) is 0 Å². The molecule has 0 aliphatic rings. The summed E-state index contributed by atoms with van der Waals surface area (Å²) in [6.07, 6.45) is 3.92. The van der Waals surface area contributed by atoms with Crippen molar-refractivity contribution in [3.8, 4) is 0 Å². The number of nitrogens with zero attached hydrogens (tertiary/aromatic N) is 3. The molecule has 1 aromatic heterocycles. The van der Waals surface area contributed by atoms with Crippen molar-refractivity contribution < 1.29 is 5.11 Å². The minimum Gasteiger partial charge on any atom is -0.383 e. The number of hydrogen-bond acceptors (Lipinski definition) is 3. The summed E-state index contributed by atoms with van der Waals surface area (Å²) in [4.78, 5) is 3.97. The van der Waals surface area contributed by atoms with Crippen molar-refractivity contribution in [2.45, 2.75) is 51.2 Å². The molecule has 2 rings (SSSR count). The zero-order valence-corrected chi connectivity index (χ0v) is 14.4. The van der Waals surface area contributed by atoms with Crippen LogP contribution in [0.25, 0.3) is 0 Å². The minimum atomic E-state index is -1.22. The summed E-state index contributed by atoms with van der Waals surface area (Å²) in [5, 5.41) is 15.4. The molecule has 21 heavy (non-hydrogen) atoms. The van der Waals surface area contributed by atoms with E-state index in [0.717, 1.165) is 18.0 Å². The molecule has 1 N–H and O–H groups in total. The molecule has 0 saturated heterocycles. The Labute approximate surface area is 127 Å². The van der Waals surface area contributed by atoms with Gasteiger partial charge in [0, 0.05) is 8.07 Å². The lowest BCUT2D eigenvalue weighted by Gasteiger charge is -2.31. The zero-order valence-electron chi connectivity index (χ0n) is 13.4. The molecule has 5 heteroatoms. The Morgan fingerprint density at radius 3 is 2.38 bits per heavy atom. The lowest BCUT2D eigenvalue weighted by Crippen LogP contribution is -2.34. The fourth-order valence-electron chi connectivity index (χ4n) is 2.34. The van der Waals surface area contributed by atoms with Gasteiger partial charge in [0.25, 0.3) is 0 Å². The van der Waals surface area contributed by atoms with Gasteiger partial charge in [-0.05, 0) is 18.9 Å². The summed E-state index contributed by atoms with van der Waals surface area (Å²) >= 11 is 0. The van der Waals surface area contributed by atoms with Crippen molar-refractivity contribution >= 4 is 8.07 Å². The first-order valence-electron chi connectivity index (χ1n) is 7.40. The first-order valence-corrected chi connectivity index (χ1v) is 11.1. The Hall–Kier alpha value is -1.46. The fourth-order valence-corrected chi connectivity index (χ4v) is 3.51. The summed E-state index contributed by atoms with van der Waals surface area (Å²) in [6.45, 7) is 9.50. The molecule has 0 amide bonds. The van der Waals surface area contributed by atoms with Gasteiger partial charge in [-0.2, -0.15) is 5.10 Å². The zero-order chi connectivity index (χ0) is 15.5. The van der Waals surface area contributed by atoms with E-state index in [1.165, 1.54) is 11.9 Å². The summed E-state index contributed by atoms with van der Waals surface area (Å²) < 4.78 is 1.71. The van der Waals surface area contributed by atoms with E-state index in [4.69, 9.17) is 0 Å². The molecule has 0 radical (unpaired) electrons. The molecule has 0 fully saturated rings. The standard InChI is InChI=1S/C16H25N3OSi/c1-14-5-7-15(8-6-14)16(20,9-10-21(2,3)4)11-19-13-17-12-18-19/h5-8,12-13,20H,9-11H2,1-4H3. The summed E-state index contributed by atoms with van der Waals surface area (Å²) in [6, 6.07) is 9.23. The second kappa shape index (κ2) is 6.11. The topological polar surface area (TPSA) is 50.9 Å². The molecular formula is C16H25N3OSi. The molecule has 0 aliphatic carbocycles. The second-order valence-electron chi connectivity index (χ2n) is 7.05. The van der Waals surface area contributed by atoms with Gasteiger partial charge in [0.15, 0.2) is 0 Å². The lowest BCUT2D eigenvalue weighted by molar-refractivity contribution is 0.0106. The Morgan fingerprint density at radius 1 is 1.19 bits per heavy atom. The van der Waals surface area contributed by atoms with Crippen LogP contribution >= 0.6 is 0 Å². The molecule has 0 aliphatic heterocycles. The van der Waals surface area contributed by atoms with E-state index in [2.05, 4.69) is 48.8 Å². The SMILES string of the molecule is Cc1ccc(C(O)(CC[Si](C)(C)C)Cn2cncn2)cc1. The van der Waals surface area contributed by atoms with Crippen LogP contribution in [-0.2, 0) is 12.1 Å². The molecule has 114 valence electrons. The smallest absolute Gasteiger partial charge is 0.137 e. The largest absolute Gasteiger partial charge is 0.383 e. The predicted octanol–water partition coefficient (Wildman–Crippen LogP) is 3.20. The van der Waals surface area contributed by atoms with Gasteiger partial charge in [-0.1, -0.05) is 55.5 Å². The number of aromatic nitrogens is 3. The minimum absolute atomic E-state index is 0.445. The fraction of sp³-hybridized carbons (Fsp3) is 0.500. The van der Waals surface area contributed by atoms with Crippen molar-refractivity contribution in [1.82, 2.24) is 14.8 Å². The third-order valence-electron chi connectivity index (χ3n) is 3.77. The maximum absolute atomic E-state index is 11.2. The highest BCUT2D eigenvalue weighted by molar-refractivity contribution is 6.76. The summed E-state index contributed by atoms with van der Waals surface area (Å²) in [5.74, 6) is 0. The van der Waals surface area contributed by atoms with Crippen LogP contribution in [-0.4, -0.2) is 27.9 Å². The molecule has 1 atom stereocenters. The summed E-state index contributed by atoms with van der Waals surface area (Å²) in [5.41, 5.74) is 1.27. The highest BCUT2D eigenvalue weighted by Gasteiger charge is 2.32. The Bertz CT molecular complexity index is 560. The Morgan fingerprint density at radius 2 is 1.86 bits per heavy atom. The van der Waals surface area contributed by atoms with Crippen LogP contribution in [0.3, 0.4) is 0 Å². The number of aryl methyl sites for hydroxylation is 1. The van der Waals surface area contributed by atoms with Gasteiger partial charge in [-0.25, -0.2) is 9.67 Å². The van der Waals surface area contributed by atoms with Crippen LogP contribution in [0, 0.1) is 6.92 Å². The number of aliphatic hydroxyl groups is 1. The van der Waals surface area contributed by atoms with Gasteiger partial charge in [0.1, 0.15) is 18.3 Å². The van der Waals surface area contributed by atoms with Crippen molar-refractivity contribution in [3.63, 3.8) is 0 Å². The van der Waals surface area contributed by atoms with Crippen LogP contribution in [0.2, 0.25) is 25.7 Å². The maximum atomic E-state index is 11.2. The van der Waals surface area contributed by atoms with Gasteiger partial charge < -0.3 is 5.11 Å². The van der Waals surface area contributed by atoms with Crippen LogP contribution in [0.15, 0.2) is 36.9 Å². The highest BCUT2D eigenvalue weighted by atomic mass is 28.3. The van der Waals surface area contributed by atoms with E-state index < -0.39 is 13.7 Å². The van der Waals surface area contributed by atoms with E-state index in [1.807, 2.05) is 12.1 Å². The van der Waals surface area contributed by atoms with Crippen molar-refractivity contribution in [2.75, 3.05) is 0 Å². The van der Waals surface area contributed by atoms with E-state index in [9.17, 15) is 5.11 Å². The molecule has 0 bridgehead atoms. The van der Waals surface area contributed by atoms with Crippen LogP contribution in [0.4, 0.5) is 0 Å². The molecule has 1 aromatic carbocycles. The lowest BCUT2D eigenvalue weighted by atomic mass is 9.90. The molecule has 4 nitrogen and oxygen atoms in total. The molecular weight excluding hydrogens is 278 g/mol. The van der Waals surface area contributed by atoms with Crippen LogP contribution in [0.5, 0.6) is 0 Å². The average Bonchev–Trinajstić information content (AvgIpc) is 2.89. The first kappa shape index (κ1) is 15.9. The van der Waals surface area contributed by atoms with Crippen molar-refractivity contribution in [1.29, 1.82) is 0 Å². The van der Waals surface area contributed by atoms with E-state index in [-0.39, 0.29) is 0 Å². The van der Waals surface area contributed by atoms with Gasteiger partial charge in [0.2, 0.25) is 0 Å². The Balaban J connectivity index is 2.26. The quantitative estimate of drug-likeness (QED) is 0.834. The molecule has 0 spiro atoms. The number of rotatable bonds is 6. The average molecular weight is 303 g/mol.